The Morgan fingerprint density at radius 2 is 1.57 bits per heavy atom. The first-order valence-corrected chi connectivity index (χ1v) is 8.72. The third-order valence-corrected chi connectivity index (χ3v) is 4.76. The van der Waals surface area contributed by atoms with Crippen LogP contribution in [0.5, 0.6) is 0 Å². The van der Waals surface area contributed by atoms with Crippen molar-refractivity contribution in [3.8, 4) is 0 Å². The van der Waals surface area contributed by atoms with Crippen molar-refractivity contribution in [2.24, 2.45) is 0 Å². The second-order valence-electron chi connectivity index (χ2n) is 6.59. The van der Waals surface area contributed by atoms with Crippen molar-refractivity contribution < 1.29 is 19.4 Å². The topological polar surface area (TPSA) is 59.1 Å². The number of hydrogen-bond donors (Lipinski definition) is 1. The molecule has 0 bridgehead atoms. The maximum Gasteiger partial charge on any atom is 0.338 e. The molecule has 21 heavy (non-hydrogen) atoms. The van der Waals surface area contributed by atoms with Crippen molar-refractivity contribution in [1.82, 2.24) is 0 Å². The van der Waals surface area contributed by atoms with Crippen LogP contribution in [0.15, 0.2) is 0 Å². The summed E-state index contributed by atoms with van der Waals surface area (Å²) in [6.45, 7) is 1.04. The van der Waals surface area contributed by atoms with E-state index in [0.29, 0.717) is 25.7 Å². The molecule has 0 radical (unpaired) electrons. The lowest BCUT2D eigenvalue weighted by Gasteiger charge is -2.18. The minimum atomic E-state index is -0.877. The van der Waals surface area contributed by atoms with Crippen LogP contribution in [-0.2, 0) is 14.3 Å². The molecule has 2 rings (SSSR count). The average Bonchev–Trinajstić information content (AvgIpc) is 3.25. The fraction of sp³-hybridized carbons (Fsp3) is 0.941. The van der Waals surface area contributed by atoms with E-state index in [2.05, 4.69) is 0 Å². The molecule has 0 aromatic carbocycles. The first-order valence-electron chi connectivity index (χ1n) is 8.72. The van der Waals surface area contributed by atoms with E-state index in [1.54, 1.807) is 0 Å². The van der Waals surface area contributed by atoms with Gasteiger partial charge in [-0.2, -0.15) is 0 Å². The zero-order valence-electron chi connectivity index (χ0n) is 13.1. The van der Waals surface area contributed by atoms with E-state index in [-0.39, 0.29) is 0 Å². The summed E-state index contributed by atoms with van der Waals surface area (Å²) in [4.78, 5) is 11.0. The van der Waals surface area contributed by atoms with Gasteiger partial charge in [0.1, 0.15) is 0 Å². The van der Waals surface area contributed by atoms with Gasteiger partial charge >= 0.3 is 5.97 Å². The lowest BCUT2D eigenvalue weighted by molar-refractivity contribution is -0.143. The van der Waals surface area contributed by atoms with Crippen molar-refractivity contribution in [3.63, 3.8) is 0 Å². The molecule has 2 fully saturated rings. The first-order chi connectivity index (χ1) is 10.2. The highest BCUT2D eigenvalue weighted by atomic mass is 16.6. The van der Waals surface area contributed by atoms with Crippen molar-refractivity contribution in [3.05, 3.63) is 0 Å². The van der Waals surface area contributed by atoms with Gasteiger partial charge in [-0.25, -0.2) is 4.79 Å². The van der Waals surface area contributed by atoms with Gasteiger partial charge < -0.3 is 14.6 Å². The summed E-state index contributed by atoms with van der Waals surface area (Å²) in [6.07, 6.45) is 14.8. The Morgan fingerprint density at radius 1 is 1.05 bits per heavy atom. The largest absolute Gasteiger partial charge is 0.479 e. The number of rotatable bonds is 6. The van der Waals surface area contributed by atoms with Crippen molar-refractivity contribution in [2.45, 2.75) is 88.8 Å². The molecule has 1 aliphatic carbocycles. The van der Waals surface area contributed by atoms with Crippen LogP contribution in [0.2, 0.25) is 0 Å². The fourth-order valence-electron chi connectivity index (χ4n) is 3.19. The Balaban J connectivity index is 1.61. The van der Waals surface area contributed by atoms with Crippen LogP contribution in [-0.4, -0.2) is 36.0 Å². The molecular weight excluding hydrogens is 268 g/mol. The molecule has 1 unspecified atom stereocenters. The Hall–Kier alpha value is -0.610. The summed E-state index contributed by atoms with van der Waals surface area (Å²) in [5.74, 6) is -0.822. The Bertz CT molecular complexity index is 300. The number of hydrogen-bond acceptors (Lipinski definition) is 3. The lowest BCUT2D eigenvalue weighted by atomic mass is 10.0. The number of ether oxygens (including phenoxy) is 2. The van der Waals surface area contributed by atoms with Gasteiger partial charge in [-0.1, -0.05) is 51.4 Å². The van der Waals surface area contributed by atoms with Gasteiger partial charge in [0.05, 0.1) is 12.7 Å². The van der Waals surface area contributed by atoms with Gasteiger partial charge in [-0.05, 0) is 25.7 Å². The Labute approximate surface area is 128 Å². The molecule has 1 saturated heterocycles. The molecule has 0 aromatic rings. The number of carboxylic acids is 1. The summed E-state index contributed by atoms with van der Waals surface area (Å²) in [5.41, 5.74) is -0.877. The molecule has 0 aromatic heterocycles. The summed E-state index contributed by atoms with van der Waals surface area (Å²) in [5, 5.41) is 9.04. The fourth-order valence-corrected chi connectivity index (χ4v) is 3.19. The molecule has 4 heteroatoms. The molecule has 1 heterocycles. The SMILES string of the molecule is O=C(O)C1(CCCOC2CCCCCCCCCC2)CO1. The molecule has 0 spiro atoms. The predicted octanol–water partition coefficient (Wildman–Crippen LogP) is 3.92. The normalized spacial score (nSPS) is 28.8. The molecule has 2 aliphatic rings. The van der Waals surface area contributed by atoms with E-state index < -0.39 is 11.6 Å². The lowest BCUT2D eigenvalue weighted by Crippen LogP contribution is -2.24. The van der Waals surface area contributed by atoms with Crippen LogP contribution >= 0.6 is 0 Å². The monoisotopic (exact) mass is 298 g/mol. The first kappa shape index (κ1) is 16.8. The molecule has 4 nitrogen and oxygen atoms in total. The summed E-state index contributed by atoms with van der Waals surface area (Å²) < 4.78 is 11.1. The van der Waals surface area contributed by atoms with Crippen LogP contribution < -0.4 is 0 Å². The highest BCUT2D eigenvalue weighted by Gasteiger charge is 2.51. The second-order valence-corrected chi connectivity index (χ2v) is 6.59. The van der Waals surface area contributed by atoms with E-state index in [9.17, 15) is 4.79 Å². The summed E-state index contributed by atoms with van der Waals surface area (Å²) in [6, 6.07) is 0. The highest BCUT2D eigenvalue weighted by Crippen LogP contribution is 2.32. The molecule has 1 aliphatic heterocycles. The highest BCUT2D eigenvalue weighted by molar-refractivity contribution is 5.80. The number of aliphatic carboxylic acids is 1. The third-order valence-electron chi connectivity index (χ3n) is 4.76. The van der Waals surface area contributed by atoms with Crippen LogP contribution in [0.4, 0.5) is 0 Å². The van der Waals surface area contributed by atoms with Gasteiger partial charge in [0.2, 0.25) is 0 Å². The number of carbonyl (C=O) groups is 1. The molecule has 0 amide bonds. The minimum Gasteiger partial charge on any atom is -0.479 e. The maximum absolute atomic E-state index is 11.0. The van der Waals surface area contributed by atoms with E-state index in [4.69, 9.17) is 14.6 Å². The van der Waals surface area contributed by atoms with Crippen molar-refractivity contribution in [1.29, 1.82) is 0 Å². The van der Waals surface area contributed by atoms with Crippen molar-refractivity contribution in [2.75, 3.05) is 13.2 Å². The molecular formula is C17H30O4. The van der Waals surface area contributed by atoms with E-state index in [0.717, 1.165) is 6.42 Å². The summed E-state index contributed by atoms with van der Waals surface area (Å²) in [7, 11) is 0. The Kier molecular flexibility index (Phi) is 6.97. The zero-order chi connectivity index (χ0) is 15.0. The predicted molar refractivity (Wildman–Crippen MR) is 81.5 cm³/mol. The van der Waals surface area contributed by atoms with Crippen molar-refractivity contribution >= 4 is 5.97 Å². The average molecular weight is 298 g/mol. The number of carboxylic acid groups (broad SMARTS) is 1. The molecule has 1 N–H and O–H groups in total. The number of epoxide rings is 1. The molecule has 1 atom stereocenters. The Morgan fingerprint density at radius 3 is 2.05 bits per heavy atom. The van der Waals surface area contributed by atoms with Gasteiger partial charge in [0, 0.05) is 6.61 Å². The van der Waals surface area contributed by atoms with Gasteiger partial charge in [0.15, 0.2) is 5.60 Å². The minimum absolute atomic E-state index is 0.367. The van der Waals surface area contributed by atoms with Crippen LogP contribution in [0, 0.1) is 0 Å². The van der Waals surface area contributed by atoms with Crippen LogP contribution in [0.25, 0.3) is 0 Å². The quantitative estimate of drug-likeness (QED) is 0.596. The maximum atomic E-state index is 11.0. The molecule has 1 saturated carbocycles. The second kappa shape index (κ2) is 8.74. The van der Waals surface area contributed by atoms with E-state index in [1.807, 2.05) is 0 Å². The van der Waals surface area contributed by atoms with Gasteiger partial charge in [0.25, 0.3) is 0 Å². The van der Waals surface area contributed by atoms with Crippen LogP contribution in [0.3, 0.4) is 0 Å². The zero-order valence-corrected chi connectivity index (χ0v) is 13.1. The van der Waals surface area contributed by atoms with E-state index >= 15 is 0 Å². The standard InChI is InChI=1S/C17H30O4/c18-16(19)17(14-21-17)12-9-13-20-15-10-7-5-3-1-2-4-6-8-11-15/h15H,1-14H2,(H,18,19). The molecule has 122 valence electrons. The smallest absolute Gasteiger partial charge is 0.338 e. The van der Waals surface area contributed by atoms with E-state index in [1.165, 1.54) is 64.2 Å². The van der Waals surface area contributed by atoms with Gasteiger partial charge in [-0.15, -0.1) is 0 Å². The van der Waals surface area contributed by atoms with Gasteiger partial charge in [-0.3, -0.25) is 0 Å². The summed E-state index contributed by atoms with van der Waals surface area (Å²) >= 11 is 0. The third kappa shape index (κ3) is 5.95. The van der Waals surface area contributed by atoms with Crippen LogP contribution in [0.1, 0.15) is 77.0 Å².